The summed E-state index contributed by atoms with van der Waals surface area (Å²) in [6.07, 6.45) is -1.87. The molecule has 0 heterocycles. The van der Waals surface area contributed by atoms with E-state index in [-0.39, 0.29) is 27.4 Å². The molecule has 0 aliphatic carbocycles. The van der Waals surface area contributed by atoms with Gasteiger partial charge < -0.3 is 24.0 Å². The van der Waals surface area contributed by atoms with E-state index < -0.39 is 25.6 Å². The maximum atomic E-state index is 12.6. The molecule has 0 bridgehead atoms. The molecule has 8 nitrogen and oxygen atoms in total. The maximum Gasteiger partial charge on any atom is 0.415 e. The van der Waals surface area contributed by atoms with Crippen molar-refractivity contribution in [3.63, 3.8) is 0 Å². The molecular formula is C22H28Cl2NO7P. The molecule has 2 aromatic rings. The largest absolute Gasteiger partial charge is 0.496 e. The molecule has 182 valence electrons. The van der Waals surface area contributed by atoms with Crippen LogP contribution in [0.3, 0.4) is 0 Å². The highest BCUT2D eigenvalue weighted by atomic mass is 35.5. The monoisotopic (exact) mass is 519 g/mol. The normalized spacial score (nSPS) is 12.0. The van der Waals surface area contributed by atoms with Gasteiger partial charge in [0.2, 0.25) is 0 Å². The number of nitrogens with zero attached hydrogens (tertiary/aromatic N) is 1. The Morgan fingerprint density at radius 2 is 1.70 bits per heavy atom. The topological polar surface area (TPSA) is 106 Å². The molecule has 0 unspecified atom stereocenters. The molecule has 33 heavy (non-hydrogen) atoms. The Labute approximate surface area is 203 Å². The number of halogens is 2. The van der Waals surface area contributed by atoms with Gasteiger partial charge in [-0.3, -0.25) is 9.46 Å². The highest BCUT2D eigenvalue weighted by molar-refractivity contribution is 7.51. The van der Waals surface area contributed by atoms with E-state index >= 15 is 0 Å². The van der Waals surface area contributed by atoms with Crippen molar-refractivity contribution >= 4 is 42.6 Å². The summed E-state index contributed by atoms with van der Waals surface area (Å²) in [5, 5.41) is 0.0809. The van der Waals surface area contributed by atoms with Crippen LogP contribution in [0.4, 0.5) is 10.5 Å². The van der Waals surface area contributed by atoms with Gasteiger partial charge in [-0.1, -0.05) is 37.0 Å². The van der Waals surface area contributed by atoms with Crippen LogP contribution < -0.4 is 14.4 Å². The fourth-order valence-corrected chi connectivity index (χ4v) is 4.09. The molecule has 0 radical (unpaired) electrons. The van der Waals surface area contributed by atoms with Crippen LogP contribution in [0.5, 0.6) is 17.2 Å². The summed E-state index contributed by atoms with van der Waals surface area (Å²) in [7, 11) is -3.05. The Hall–Kier alpha value is -1.96. The molecule has 0 aliphatic rings. The van der Waals surface area contributed by atoms with Crippen LogP contribution in [0.25, 0.3) is 0 Å². The molecule has 2 aromatic carbocycles. The first-order chi connectivity index (χ1) is 15.1. The summed E-state index contributed by atoms with van der Waals surface area (Å²) >= 11 is 12.8. The molecule has 0 saturated carbocycles. The van der Waals surface area contributed by atoms with Gasteiger partial charge in [-0.05, 0) is 57.0 Å². The predicted molar refractivity (Wildman–Crippen MR) is 129 cm³/mol. The van der Waals surface area contributed by atoms with E-state index in [0.717, 1.165) is 16.2 Å². The average molecular weight is 520 g/mol. The van der Waals surface area contributed by atoms with Crippen molar-refractivity contribution in [2.24, 2.45) is 0 Å². The summed E-state index contributed by atoms with van der Waals surface area (Å²) in [5.74, 6) is 1.49. The van der Waals surface area contributed by atoms with Gasteiger partial charge in [-0.2, -0.15) is 0 Å². The summed E-state index contributed by atoms with van der Waals surface area (Å²) in [6, 6.07) is 7.94. The number of ether oxygens (including phenoxy) is 3. The lowest BCUT2D eigenvalue weighted by molar-refractivity contribution is 0.0583. The molecule has 2 rings (SSSR count). The van der Waals surface area contributed by atoms with Crippen molar-refractivity contribution in [1.82, 2.24) is 0 Å². The number of benzene rings is 2. The van der Waals surface area contributed by atoms with E-state index in [1.54, 1.807) is 40.0 Å². The lowest BCUT2D eigenvalue weighted by atomic mass is 10.0. The van der Waals surface area contributed by atoms with E-state index in [9.17, 15) is 19.1 Å². The molecule has 0 saturated heterocycles. The van der Waals surface area contributed by atoms with Crippen LogP contribution in [0.15, 0.2) is 30.3 Å². The summed E-state index contributed by atoms with van der Waals surface area (Å²) < 4.78 is 28.2. The second-order valence-electron chi connectivity index (χ2n) is 8.61. The van der Waals surface area contributed by atoms with Crippen molar-refractivity contribution in [2.75, 3.05) is 18.3 Å². The molecule has 1 amide bonds. The Morgan fingerprint density at radius 3 is 2.15 bits per heavy atom. The smallest absolute Gasteiger partial charge is 0.415 e. The summed E-state index contributed by atoms with van der Waals surface area (Å²) in [4.78, 5) is 32.3. The zero-order chi connectivity index (χ0) is 25.1. The van der Waals surface area contributed by atoms with Gasteiger partial charge in [0.1, 0.15) is 23.4 Å². The van der Waals surface area contributed by atoms with E-state index in [2.05, 4.69) is 0 Å². The maximum absolute atomic E-state index is 12.6. The van der Waals surface area contributed by atoms with Gasteiger partial charge in [-0.15, -0.1) is 0 Å². The number of anilines is 1. The van der Waals surface area contributed by atoms with E-state index in [0.29, 0.717) is 5.75 Å². The van der Waals surface area contributed by atoms with Crippen LogP contribution >= 0.6 is 30.8 Å². The molecule has 0 atom stereocenters. The number of hydrogen-bond acceptors (Lipinski definition) is 5. The molecule has 11 heteroatoms. The average Bonchev–Trinajstić information content (AvgIpc) is 2.66. The van der Waals surface area contributed by atoms with Crippen molar-refractivity contribution < 1.29 is 33.4 Å². The van der Waals surface area contributed by atoms with Crippen molar-refractivity contribution in [2.45, 2.75) is 46.1 Å². The third-order valence-electron chi connectivity index (χ3n) is 4.28. The first-order valence-electron chi connectivity index (χ1n) is 10.0. The van der Waals surface area contributed by atoms with Gasteiger partial charge in [0.25, 0.3) is 0 Å². The summed E-state index contributed by atoms with van der Waals surface area (Å²) in [6.45, 7) is 8.94. The van der Waals surface area contributed by atoms with Crippen LogP contribution in [0.1, 0.15) is 46.1 Å². The Morgan fingerprint density at radius 1 is 1.12 bits per heavy atom. The van der Waals surface area contributed by atoms with Crippen LogP contribution in [-0.2, 0) is 9.30 Å². The van der Waals surface area contributed by atoms with Crippen LogP contribution in [-0.4, -0.2) is 34.9 Å². The first-order valence-corrected chi connectivity index (χ1v) is 12.6. The van der Waals surface area contributed by atoms with Crippen LogP contribution in [0, 0.1) is 0 Å². The zero-order valence-corrected chi connectivity index (χ0v) is 21.7. The number of carbonyl (C=O) groups excluding carboxylic acids is 1. The Bertz CT molecular complexity index is 1040. The van der Waals surface area contributed by atoms with Gasteiger partial charge in [0.15, 0.2) is 5.75 Å². The number of hydrogen-bond donors (Lipinski definition) is 2. The van der Waals surface area contributed by atoms with E-state index in [4.69, 9.17) is 37.4 Å². The minimum Gasteiger partial charge on any atom is -0.496 e. The molecule has 0 fully saturated rings. The third-order valence-corrected chi connectivity index (χ3v) is 5.49. The second kappa shape index (κ2) is 10.5. The van der Waals surface area contributed by atoms with Gasteiger partial charge in [0.05, 0.1) is 22.8 Å². The second-order valence-corrected chi connectivity index (χ2v) is 11.0. The first kappa shape index (κ1) is 27.3. The lowest BCUT2D eigenvalue weighted by Gasteiger charge is -2.28. The minimum absolute atomic E-state index is 0.0404. The molecule has 0 aromatic heterocycles. The van der Waals surface area contributed by atoms with E-state index in [1.807, 2.05) is 19.9 Å². The number of methoxy groups -OCH3 is 1. The predicted octanol–water partition coefficient (Wildman–Crippen LogP) is 6.79. The standard InChI is InChI=1S/C22H28Cl2NO7P/c1-13(2)16-11-15(7-8-19(16)30-6)31-20-17(23)9-14(10-18(20)24)25(12-33(27,28)29)21(26)32-22(3,4)5/h7-11,13H,12H2,1-6H3,(H2,27,28,29). The number of carbonyl (C=O) groups is 1. The zero-order valence-electron chi connectivity index (χ0n) is 19.3. The van der Waals surface area contributed by atoms with Crippen molar-refractivity contribution in [3.05, 3.63) is 45.9 Å². The SMILES string of the molecule is COc1ccc(Oc2c(Cl)cc(N(CP(=O)(O)O)C(=O)OC(C)(C)C)cc2Cl)cc1C(C)C. The third kappa shape index (κ3) is 7.80. The van der Waals surface area contributed by atoms with Gasteiger partial charge in [-0.25, -0.2) is 4.79 Å². The fourth-order valence-electron chi connectivity index (χ4n) is 2.89. The number of amides is 1. The highest BCUT2D eigenvalue weighted by Gasteiger charge is 2.30. The Kier molecular flexibility index (Phi) is 8.71. The molecule has 0 spiro atoms. The van der Waals surface area contributed by atoms with E-state index in [1.165, 1.54) is 12.1 Å². The molecular weight excluding hydrogens is 492 g/mol. The fraction of sp³-hybridized carbons (Fsp3) is 0.409. The summed E-state index contributed by atoms with van der Waals surface area (Å²) in [5.41, 5.74) is 0.0905. The quantitative estimate of drug-likeness (QED) is 0.387. The number of rotatable bonds is 7. The lowest BCUT2D eigenvalue weighted by Crippen LogP contribution is -2.37. The Balaban J connectivity index is 2.44. The minimum atomic E-state index is -4.63. The van der Waals surface area contributed by atoms with Gasteiger partial charge in [0, 0.05) is 5.56 Å². The van der Waals surface area contributed by atoms with Gasteiger partial charge >= 0.3 is 13.7 Å². The highest BCUT2D eigenvalue weighted by Crippen LogP contribution is 2.43. The molecule has 0 aliphatic heterocycles. The van der Waals surface area contributed by atoms with Crippen molar-refractivity contribution in [1.29, 1.82) is 0 Å². The molecule has 2 N–H and O–H groups in total. The van der Waals surface area contributed by atoms with Crippen molar-refractivity contribution in [3.8, 4) is 17.2 Å². The van der Waals surface area contributed by atoms with Crippen LogP contribution in [0.2, 0.25) is 10.0 Å².